The Morgan fingerprint density at radius 2 is 1.30 bits per heavy atom. The first-order valence-electron chi connectivity index (χ1n) is 9.06. The lowest BCUT2D eigenvalue weighted by Crippen LogP contribution is -2.14. The Labute approximate surface area is 158 Å². The van der Waals surface area contributed by atoms with Crippen LogP contribution in [0.5, 0.6) is 0 Å². The van der Waals surface area contributed by atoms with E-state index in [1.54, 1.807) is 6.07 Å². The van der Waals surface area contributed by atoms with E-state index in [0.29, 0.717) is 22.3 Å². The zero-order valence-corrected chi connectivity index (χ0v) is 15.2. The fourth-order valence-corrected chi connectivity index (χ4v) is 4.13. The Balaban J connectivity index is 1.91. The van der Waals surface area contributed by atoms with E-state index in [-0.39, 0.29) is 11.5 Å². The molecule has 3 aromatic carbocycles. The van der Waals surface area contributed by atoms with Crippen LogP contribution in [0.25, 0.3) is 16.9 Å². The molecule has 0 aliphatic heterocycles. The third-order valence-electron chi connectivity index (χ3n) is 5.44. The van der Waals surface area contributed by atoms with Gasteiger partial charge < -0.3 is 5.11 Å². The van der Waals surface area contributed by atoms with Crippen LogP contribution >= 0.6 is 0 Å². The molecule has 2 aliphatic rings. The van der Waals surface area contributed by atoms with Gasteiger partial charge in [-0.1, -0.05) is 77.9 Å². The number of hydrogen-bond donors (Lipinski definition) is 1. The summed E-state index contributed by atoms with van der Waals surface area (Å²) in [5.41, 5.74) is 8.55. The first-order chi connectivity index (χ1) is 13.1. The largest absolute Gasteiger partial charge is 0.507 e. The summed E-state index contributed by atoms with van der Waals surface area (Å²) >= 11 is 0. The second kappa shape index (κ2) is 5.55. The van der Waals surface area contributed by atoms with Gasteiger partial charge in [0.2, 0.25) is 0 Å². The average Bonchev–Trinajstić information content (AvgIpc) is 3.01. The van der Waals surface area contributed by atoms with Crippen molar-refractivity contribution in [1.82, 2.24) is 0 Å². The summed E-state index contributed by atoms with van der Waals surface area (Å²) in [4.78, 5) is 13.4. The zero-order valence-electron chi connectivity index (χ0n) is 15.2. The van der Waals surface area contributed by atoms with Gasteiger partial charge >= 0.3 is 0 Å². The number of aliphatic hydroxyl groups excluding tert-OH is 1. The molecule has 130 valence electrons. The number of rotatable bonds is 1. The van der Waals surface area contributed by atoms with Crippen molar-refractivity contribution >= 4 is 22.7 Å². The molecule has 0 saturated carbocycles. The number of fused-ring (bicyclic) bond motifs is 4. The van der Waals surface area contributed by atoms with E-state index in [4.69, 9.17) is 0 Å². The minimum Gasteiger partial charge on any atom is -0.507 e. The lowest BCUT2D eigenvalue weighted by atomic mass is 9.84. The lowest BCUT2D eigenvalue weighted by Gasteiger charge is -2.19. The molecule has 0 unspecified atom stereocenters. The molecular weight excluding hydrogens is 332 g/mol. The number of Topliss-reactive ketones (excluding diaryl/α,β-unsaturated/α-hetero) is 1. The maximum absolute atomic E-state index is 13.4. The quantitative estimate of drug-likeness (QED) is 0.607. The van der Waals surface area contributed by atoms with Gasteiger partial charge in [-0.25, -0.2) is 0 Å². The number of aryl methyl sites for hydroxylation is 2. The van der Waals surface area contributed by atoms with Crippen LogP contribution in [-0.2, 0) is 0 Å². The third kappa shape index (κ3) is 2.16. The highest BCUT2D eigenvalue weighted by molar-refractivity contribution is 6.34. The van der Waals surface area contributed by atoms with Crippen molar-refractivity contribution < 1.29 is 9.90 Å². The molecule has 0 aromatic heterocycles. The molecule has 0 bridgehead atoms. The molecule has 2 heteroatoms. The SMILES string of the molecule is Cc1ccc(C2=C3C(=O)c4ccccc4C(O)=C3c3cc(C)ccc32)cc1. The molecule has 2 aliphatic carbocycles. The normalized spacial score (nSPS) is 15.0. The Hall–Kier alpha value is -3.39. The van der Waals surface area contributed by atoms with Crippen LogP contribution < -0.4 is 0 Å². The number of carbonyl (C=O) groups excluding carboxylic acids is 1. The molecule has 1 N–H and O–H groups in total. The molecule has 0 spiro atoms. The molecule has 0 fully saturated rings. The molecule has 0 heterocycles. The molecule has 5 rings (SSSR count). The number of ketones is 1. The molecule has 0 atom stereocenters. The average molecular weight is 350 g/mol. The number of allylic oxidation sites excluding steroid dienone is 2. The summed E-state index contributed by atoms with van der Waals surface area (Å²) in [5.74, 6) is 0.164. The smallest absolute Gasteiger partial charge is 0.195 e. The van der Waals surface area contributed by atoms with Gasteiger partial charge in [-0.15, -0.1) is 0 Å². The summed E-state index contributed by atoms with van der Waals surface area (Å²) in [6.45, 7) is 4.08. The monoisotopic (exact) mass is 350 g/mol. The lowest BCUT2D eigenvalue weighted by molar-refractivity contribution is 0.103. The predicted octanol–water partition coefficient (Wildman–Crippen LogP) is 5.74. The summed E-state index contributed by atoms with van der Waals surface area (Å²) in [5, 5.41) is 11.1. The van der Waals surface area contributed by atoms with E-state index < -0.39 is 0 Å². The second-order valence-electron chi connectivity index (χ2n) is 7.26. The number of aliphatic hydroxyl groups is 1. The Morgan fingerprint density at radius 3 is 2.04 bits per heavy atom. The molecule has 27 heavy (non-hydrogen) atoms. The Kier molecular flexibility index (Phi) is 3.26. The van der Waals surface area contributed by atoms with E-state index in [1.807, 2.05) is 32.0 Å². The molecule has 0 radical (unpaired) electrons. The second-order valence-corrected chi connectivity index (χ2v) is 7.26. The molecular formula is C25H18O2. The molecule has 3 aromatic rings. The minimum atomic E-state index is -0.0252. The van der Waals surface area contributed by atoms with Crippen LogP contribution in [0, 0.1) is 13.8 Å². The van der Waals surface area contributed by atoms with Crippen molar-refractivity contribution in [3.05, 3.63) is 111 Å². The topological polar surface area (TPSA) is 37.3 Å². The molecule has 0 amide bonds. The van der Waals surface area contributed by atoms with Crippen molar-refractivity contribution in [2.24, 2.45) is 0 Å². The highest BCUT2D eigenvalue weighted by Gasteiger charge is 2.38. The van der Waals surface area contributed by atoms with Crippen LogP contribution in [-0.4, -0.2) is 10.9 Å². The van der Waals surface area contributed by atoms with Crippen LogP contribution in [0.15, 0.2) is 72.3 Å². The van der Waals surface area contributed by atoms with Crippen LogP contribution in [0.3, 0.4) is 0 Å². The van der Waals surface area contributed by atoms with Gasteiger partial charge in [-0.05, 0) is 30.5 Å². The zero-order chi connectivity index (χ0) is 18.7. The summed E-state index contributed by atoms with van der Waals surface area (Å²) in [6, 6.07) is 21.7. The summed E-state index contributed by atoms with van der Waals surface area (Å²) in [6.07, 6.45) is 0. The van der Waals surface area contributed by atoms with Crippen molar-refractivity contribution in [3.63, 3.8) is 0 Å². The van der Waals surface area contributed by atoms with Crippen molar-refractivity contribution in [3.8, 4) is 0 Å². The van der Waals surface area contributed by atoms with Gasteiger partial charge in [0, 0.05) is 27.8 Å². The van der Waals surface area contributed by atoms with Crippen LogP contribution in [0.2, 0.25) is 0 Å². The van der Waals surface area contributed by atoms with Crippen molar-refractivity contribution in [2.75, 3.05) is 0 Å². The Morgan fingerprint density at radius 1 is 0.630 bits per heavy atom. The fraction of sp³-hybridized carbons (Fsp3) is 0.0800. The number of carbonyl (C=O) groups is 1. The standard InChI is InChI=1S/C25H18O2/c1-14-7-10-16(11-8-14)21-17-12-9-15(2)13-20(17)22-23(21)25(27)19-6-4-3-5-18(19)24(22)26/h3-13,26H,1-2H3. The predicted molar refractivity (Wildman–Crippen MR) is 109 cm³/mol. The van der Waals surface area contributed by atoms with E-state index in [9.17, 15) is 9.90 Å². The van der Waals surface area contributed by atoms with Crippen molar-refractivity contribution in [2.45, 2.75) is 13.8 Å². The number of hydrogen-bond acceptors (Lipinski definition) is 2. The first kappa shape index (κ1) is 15.8. The first-order valence-corrected chi connectivity index (χ1v) is 9.06. The summed E-state index contributed by atoms with van der Waals surface area (Å²) in [7, 11) is 0. The highest BCUT2D eigenvalue weighted by atomic mass is 16.3. The van der Waals surface area contributed by atoms with Gasteiger partial charge in [0.05, 0.1) is 0 Å². The Bertz CT molecular complexity index is 1190. The van der Waals surface area contributed by atoms with Crippen molar-refractivity contribution in [1.29, 1.82) is 0 Å². The number of benzene rings is 3. The fourth-order valence-electron chi connectivity index (χ4n) is 4.13. The van der Waals surface area contributed by atoms with Crippen LogP contribution in [0.4, 0.5) is 0 Å². The summed E-state index contributed by atoms with van der Waals surface area (Å²) < 4.78 is 0. The minimum absolute atomic E-state index is 0.0252. The van der Waals surface area contributed by atoms with Crippen LogP contribution in [0.1, 0.15) is 43.7 Å². The molecule has 2 nitrogen and oxygen atoms in total. The van der Waals surface area contributed by atoms with Gasteiger partial charge in [0.1, 0.15) is 5.76 Å². The van der Waals surface area contributed by atoms with E-state index >= 15 is 0 Å². The van der Waals surface area contributed by atoms with E-state index in [1.165, 1.54) is 5.56 Å². The van der Waals surface area contributed by atoms with Gasteiger partial charge in [0.15, 0.2) is 5.78 Å². The highest BCUT2D eigenvalue weighted by Crippen LogP contribution is 2.51. The van der Waals surface area contributed by atoms with E-state index in [2.05, 4.69) is 42.5 Å². The van der Waals surface area contributed by atoms with E-state index in [0.717, 1.165) is 27.8 Å². The maximum atomic E-state index is 13.4. The van der Waals surface area contributed by atoms with Gasteiger partial charge in [-0.2, -0.15) is 0 Å². The third-order valence-corrected chi connectivity index (χ3v) is 5.44. The maximum Gasteiger partial charge on any atom is 0.195 e. The van der Waals surface area contributed by atoms with Gasteiger partial charge in [-0.3, -0.25) is 4.79 Å². The molecule has 0 saturated heterocycles. The van der Waals surface area contributed by atoms with Gasteiger partial charge in [0.25, 0.3) is 0 Å².